The summed E-state index contributed by atoms with van der Waals surface area (Å²) in [5.41, 5.74) is 1.07. The van der Waals surface area contributed by atoms with E-state index in [1.807, 2.05) is 6.92 Å². The maximum atomic E-state index is 12.6. The number of nitrogens with one attached hydrogen (secondary N) is 1. The molecule has 140 valence electrons. The monoisotopic (exact) mass is 376 g/mol. The van der Waals surface area contributed by atoms with Gasteiger partial charge in [0.15, 0.2) is 5.76 Å². The van der Waals surface area contributed by atoms with E-state index in [-0.39, 0.29) is 17.9 Å². The molecule has 1 aromatic carbocycles. The lowest BCUT2D eigenvalue weighted by Crippen LogP contribution is -2.48. The van der Waals surface area contributed by atoms with E-state index in [2.05, 4.69) is 24.3 Å². The van der Waals surface area contributed by atoms with Gasteiger partial charge in [0.1, 0.15) is 0 Å². The minimum absolute atomic E-state index is 0.0828. The van der Waals surface area contributed by atoms with Crippen molar-refractivity contribution in [3.8, 4) is 11.3 Å². The number of benzene rings is 1. The van der Waals surface area contributed by atoms with Gasteiger partial charge in [-0.3, -0.25) is 4.79 Å². The Balaban J connectivity index is 1.73. The molecule has 6 heteroatoms. The van der Waals surface area contributed by atoms with Crippen LogP contribution in [-0.4, -0.2) is 28.3 Å². The number of hydrogen-bond acceptors (Lipinski definition) is 4. The van der Waals surface area contributed by atoms with Crippen LogP contribution in [0.3, 0.4) is 0 Å². The molecule has 26 heavy (non-hydrogen) atoms. The second kappa shape index (κ2) is 7.05. The van der Waals surface area contributed by atoms with Crippen LogP contribution >= 0.6 is 11.6 Å². The van der Waals surface area contributed by atoms with E-state index in [0.29, 0.717) is 29.2 Å². The molecule has 1 unspecified atom stereocenters. The van der Waals surface area contributed by atoms with Crippen LogP contribution in [0.2, 0.25) is 5.02 Å². The topological polar surface area (TPSA) is 75.4 Å². The molecule has 2 aromatic rings. The zero-order valence-electron chi connectivity index (χ0n) is 15.4. The van der Waals surface area contributed by atoms with Crippen LogP contribution in [-0.2, 0) is 0 Å². The number of aromatic nitrogens is 1. The van der Waals surface area contributed by atoms with Gasteiger partial charge < -0.3 is 14.9 Å². The van der Waals surface area contributed by atoms with Crippen molar-refractivity contribution in [1.82, 2.24) is 10.5 Å². The van der Waals surface area contributed by atoms with Crippen molar-refractivity contribution in [2.45, 2.75) is 52.1 Å². The molecule has 0 radical (unpaired) electrons. The first kappa shape index (κ1) is 18.9. The molecular formula is C20H25ClN2O3. The SMILES string of the molecule is Cc1cc(-c2ccc(Cl)c(C(=O)NCC3(O)CCCC(C)(C)C3)c2)on1. The summed E-state index contributed by atoms with van der Waals surface area (Å²) < 4.78 is 5.25. The van der Waals surface area contributed by atoms with Gasteiger partial charge in [-0.2, -0.15) is 0 Å². The molecule has 1 aromatic heterocycles. The molecule has 0 aliphatic heterocycles. The number of carbonyl (C=O) groups excluding carboxylic acids is 1. The van der Waals surface area contributed by atoms with Crippen molar-refractivity contribution in [2.24, 2.45) is 5.41 Å². The Hall–Kier alpha value is -1.85. The van der Waals surface area contributed by atoms with E-state index in [1.165, 1.54) is 0 Å². The zero-order valence-corrected chi connectivity index (χ0v) is 16.2. The second-order valence-corrected chi connectivity index (χ2v) is 8.54. The van der Waals surface area contributed by atoms with E-state index in [1.54, 1.807) is 24.3 Å². The Morgan fingerprint density at radius 2 is 2.12 bits per heavy atom. The molecule has 1 heterocycles. The van der Waals surface area contributed by atoms with Gasteiger partial charge in [-0.1, -0.05) is 30.6 Å². The number of hydrogen-bond donors (Lipinski definition) is 2. The molecule has 0 bridgehead atoms. The van der Waals surface area contributed by atoms with Gasteiger partial charge in [0.2, 0.25) is 0 Å². The third kappa shape index (κ3) is 4.27. The van der Waals surface area contributed by atoms with Crippen molar-refractivity contribution in [2.75, 3.05) is 6.54 Å². The Morgan fingerprint density at radius 1 is 1.35 bits per heavy atom. The largest absolute Gasteiger partial charge is 0.388 e. The zero-order chi connectivity index (χ0) is 18.9. The predicted molar refractivity (Wildman–Crippen MR) is 101 cm³/mol. The Labute approximate surface area is 158 Å². The molecular weight excluding hydrogens is 352 g/mol. The number of rotatable bonds is 4. The second-order valence-electron chi connectivity index (χ2n) is 8.13. The van der Waals surface area contributed by atoms with Gasteiger partial charge >= 0.3 is 0 Å². The summed E-state index contributed by atoms with van der Waals surface area (Å²) in [4.78, 5) is 12.6. The molecule has 2 N–H and O–H groups in total. The van der Waals surface area contributed by atoms with Crippen LogP contribution in [0.5, 0.6) is 0 Å². The molecule has 1 atom stereocenters. The first-order valence-electron chi connectivity index (χ1n) is 8.91. The van der Waals surface area contributed by atoms with Crippen molar-refractivity contribution >= 4 is 17.5 Å². The Kier molecular flexibility index (Phi) is 5.13. The maximum Gasteiger partial charge on any atom is 0.252 e. The standard InChI is InChI=1S/C20H25ClN2O3/c1-13-9-17(26-23-13)14-5-6-16(21)15(10-14)18(24)22-12-20(25)8-4-7-19(2,3)11-20/h5-6,9-10,25H,4,7-8,11-12H2,1-3H3,(H,22,24). The summed E-state index contributed by atoms with van der Waals surface area (Å²) in [6.07, 6.45) is 3.42. The average molecular weight is 377 g/mol. The fraction of sp³-hybridized carbons (Fsp3) is 0.500. The van der Waals surface area contributed by atoms with Crippen LogP contribution in [0, 0.1) is 12.3 Å². The summed E-state index contributed by atoms with van der Waals surface area (Å²) in [6.45, 7) is 6.36. The number of carbonyl (C=O) groups is 1. The predicted octanol–water partition coefficient (Wildman–Crippen LogP) is 4.36. The minimum atomic E-state index is -0.871. The molecule has 1 fully saturated rings. The maximum absolute atomic E-state index is 12.6. The van der Waals surface area contributed by atoms with Gasteiger partial charge in [0, 0.05) is 18.2 Å². The van der Waals surface area contributed by atoms with Gasteiger partial charge in [-0.05, 0) is 56.2 Å². The molecule has 0 spiro atoms. The van der Waals surface area contributed by atoms with Gasteiger partial charge in [0.25, 0.3) is 5.91 Å². The van der Waals surface area contributed by atoms with Crippen molar-refractivity contribution in [3.05, 3.63) is 40.5 Å². The minimum Gasteiger partial charge on any atom is -0.388 e. The lowest BCUT2D eigenvalue weighted by atomic mass is 9.70. The van der Waals surface area contributed by atoms with Crippen LogP contribution in [0.1, 0.15) is 55.6 Å². The van der Waals surface area contributed by atoms with Crippen molar-refractivity contribution in [1.29, 1.82) is 0 Å². The van der Waals surface area contributed by atoms with Gasteiger partial charge in [-0.25, -0.2) is 0 Å². The molecule has 1 amide bonds. The quantitative estimate of drug-likeness (QED) is 0.831. The number of halogens is 1. The van der Waals surface area contributed by atoms with Crippen LogP contribution in [0.15, 0.2) is 28.8 Å². The molecule has 5 nitrogen and oxygen atoms in total. The summed E-state index contributed by atoms with van der Waals surface area (Å²) >= 11 is 6.22. The molecule has 1 saturated carbocycles. The van der Waals surface area contributed by atoms with Gasteiger partial charge in [-0.15, -0.1) is 0 Å². The molecule has 1 aliphatic carbocycles. The highest BCUT2D eigenvalue weighted by atomic mass is 35.5. The number of amides is 1. The number of aryl methyl sites for hydroxylation is 1. The molecule has 3 rings (SSSR count). The number of aliphatic hydroxyl groups is 1. The number of nitrogens with zero attached hydrogens (tertiary/aromatic N) is 1. The van der Waals surface area contributed by atoms with E-state index in [9.17, 15) is 9.90 Å². The van der Waals surface area contributed by atoms with E-state index >= 15 is 0 Å². The van der Waals surface area contributed by atoms with E-state index < -0.39 is 5.60 Å². The highest BCUT2D eigenvalue weighted by Gasteiger charge is 2.38. The normalized spacial score (nSPS) is 22.2. The highest BCUT2D eigenvalue weighted by molar-refractivity contribution is 6.34. The summed E-state index contributed by atoms with van der Waals surface area (Å²) in [7, 11) is 0. The van der Waals surface area contributed by atoms with Crippen LogP contribution in [0.4, 0.5) is 0 Å². The smallest absolute Gasteiger partial charge is 0.252 e. The van der Waals surface area contributed by atoms with E-state index in [4.69, 9.17) is 16.1 Å². The third-order valence-corrected chi connectivity index (χ3v) is 5.33. The van der Waals surface area contributed by atoms with Gasteiger partial charge in [0.05, 0.1) is 21.9 Å². The Morgan fingerprint density at radius 3 is 2.77 bits per heavy atom. The fourth-order valence-corrected chi connectivity index (χ4v) is 4.01. The first-order chi connectivity index (χ1) is 12.2. The molecule has 1 aliphatic rings. The lowest BCUT2D eigenvalue weighted by Gasteiger charge is -2.41. The first-order valence-corrected chi connectivity index (χ1v) is 9.29. The van der Waals surface area contributed by atoms with Crippen LogP contribution < -0.4 is 5.32 Å². The fourth-order valence-electron chi connectivity index (χ4n) is 3.81. The van der Waals surface area contributed by atoms with Crippen molar-refractivity contribution < 1.29 is 14.4 Å². The van der Waals surface area contributed by atoms with Crippen LogP contribution in [0.25, 0.3) is 11.3 Å². The lowest BCUT2D eigenvalue weighted by molar-refractivity contribution is -0.0361. The third-order valence-electron chi connectivity index (χ3n) is 5.00. The molecule has 0 saturated heterocycles. The van der Waals surface area contributed by atoms with Crippen molar-refractivity contribution in [3.63, 3.8) is 0 Å². The summed E-state index contributed by atoms with van der Waals surface area (Å²) in [5, 5.41) is 17.9. The van der Waals surface area contributed by atoms with E-state index in [0.717, 1.165) is 24.1 Å². The summed E-state index contributed by atoms with van der Waals surface area (Å²) in [6, 6.07) is 6.95. The highest BCUT2D eigenvalue weighted by Crippen LogP contribution is 2.40. The Bertz CT molecular complexity index is 815. The summed E-state index contributed by atoms with van der Waals surface area (Å²) in [5.74, 6) is 0.283. The average Bonchev–Trinajstić information content (AvgIpc) is 2.98.